The maximum Gasteiger partial charge on any atom is 0.251 e. The third-order valence-electron chi connectivity index (χ3n) is 3.86. The topological polar surface area (TPSA) is 47.6 Å². The van der Waals surface area contributed by atoms with Gasteiger partial charge >= 0.3 is 0 Å². The van der Waals surface area contributed by atoms with Crippen molar-refractivity contribution in [1.82, 2.24) is 5.32 Å². The van der Waals surface area contributed by atoms with Gasteiger partial charge in [0.2, 0.25) is 0 Å². The number of hydrogen-bond donors (Lipinski definition) is 1. The molecule has 0 aromatic heterocycles. The Kier molecular flexibility index (Phi) is 4.00. The molecule has 1 aliphatic rings. The van der Waals surface area contributed by atoms with Crippen LogP contribution in [0.3, 0.4) is 0 Å². The summed E-state index contributed by atoms with van der Waals surface area (Å²) in [5, 5.41) is 3.10. The Bertz CT molecular complexity index is 679. The number of methoxy groups -OCH3 is 1. The molecule has 1 N–H and O–H groups in total. The largest absolute Gasteiger partial charge is 0.497 e. The van der Waals surface area contributed by atoms with Crippen LogP contribution in [0.25, 0.3) is 0 Å². The molecule has 114 valence electrons. The zero-order valence-corrected chi connectivity index (χ0v) is 12.8. The van der Waals surface area contributed by atoms with Crippen molar-refractivity contribution in [2.24, 2.45) is 0 Å². The highest BCUT2D eigenvalue weighted by Gasteiger charge is 2.23. The fraction of sp³-hybridized carbons (Fsp3) is 0.278. The zero-order valence-electron chi connectivity index (χ0n) is 12.8. The van der Waals surface area contributed by atoms with E-state index in [4.69, 9.17) is 9.47 Å². The summed E-state index contributed by atoms with van der Waals surface area (Å²) in [4.78, 5) is 12.4. The van der Waals surface area contributed by atoms with Crippen molar-refractivity contribution in [2.75, 3.05) is 13.7 Å². The van der Waals surface area contributed by atoms with Crippen LogP contribution in [-0.4, -0.2) is 19.6 Å². The first kappa shape index (κ1) is 14.4. The molecule has 2 aromatic rings. The van der Waals surface area contributed by atoms with E-state index in [0.29, 0.717) is 12.2 Å². The van der Waals surface area contributed by atoms with Crippen LogP contribution in [0.15, 0.2) is 42.5 Å². The number of amides is 1. The third-order valence-corrected chi connectivity index (χ3v) is 3.86. The molecule has 2 aromatic carbocycles. The molecule has 0 bridgehead atoms. The minimum atomic E-state index is -0.0815. The molecule has 0 aliphatic carbocycles. The molecule has 0 saturated carbocycles. The van der Waals surface area contributed by atoms with Gasteiger partial charge in [-0.25, -0.2) is 0 Å². The summed E-state index contributed by atoms with van der Waals surface area (Å²) in [6, 6.07) is 13.2. The molecule has 0 spiro atoms. The average molecular weight is 297 g/mol. The van der Waals surface area contributed by atoms with Gasteiger partial charge in [0.1, 0.15) is 11.5 Å². The smallest absolute Gasteiger partial charge is 0.251 e. The van der Waals surface area contributed by atoms with Gasteiger partial charge in [-0.1, -0.05) is 17.7 Å². The number of carbonyl (C=O) groups excluding carboxylic acids is 1. The van der Waals surface area contributed by atoms with E-state index in [9.17, 15) is 4.79 Å². The summed E-state index contributed by atoms with van der Waals surface area (Å²) in [5.41, 5.74) is 2.84. The summed E-state index contributed by atoms with van der Waals surface area (Å²) >= 11 is 0. The standard InChI is InChI=1S/C18H19NO3/c1-12-3-8-17-15(11-12)16(9-10-22-17)19-18(20)13-4-6-14(21-2)7-5-13/h3-8,11,16H,9-10H2,1-2H3,(H,19,20). The number of aryl methyl sites for hydroxylation is 1. The monoisotopic (exact) mass is 297 g/mol. The summed E-state index contributed by atoms with van der Waals surface area (Å²) < 4.78 is 10.8. The second-order valence-corrected chi connectivity index (χ2v) is 5.43. The molecule has 1 aliphatic heterocycles. The van der Waals surface area contributed by atoms with E-state index in [0.717, 1.165) is 29.0 Å². The fourth-order valence-corrected chi connectivity index (χ4v) is 2.65. The van der Waals surface area contributed by atoms with Crippen molar-refractivity contribution >= 4 is 5.91 Å². The Hall–Kier alpha value is -2.49. The van der Waals surface area contributed by atoms with Gasteiger partial charge < -0.3 is 14.8 Å². The highest BCUT2D eigenvalue weighted by atomic mass is 16.5. The van der Waals surface area contributed by atoms with Crippen LogP contribution in [0, 0.1) is 6.92 Å². The Morgan fingerprint density at radius 2 is 2.00 bits per heavy atom. The van der Waals surface area contributed by atoms with E-state index in [1.165, 1.54) is 0 Å². The molecule has 3 rings (SSSR count). The normalized spacial score (nSPS) is 16.4. The molecule has 22 heavy (non-hydrogen) atoms. The highest BCUT2D eigenvalue weighted by molar-refractivity contribution is 5.94. The van der Waals surface area contributed by atoms with Crippen molar-refractivity contribution in [3.05, 3.63) is 59.2 Å². The van der Waals surface area contributed by atoms with E-state index in [2.05, 4.69) is 11.4 Å². The molecular weight excluding hydrogens is 278 g/mol. The van der Waals surface area contributed by atoms with E-state index in [-0.39, 0.29) is 11.9 Å². The van der Waals surface area contributed by atoms with Gasteiger partial charge in [0, 0.05) is 17.5 Å². The molecule has 0 saturated heterocycles. The number of hydrogen-bond acceptors (Lipinski definition) is 3. The van der Waals surface area contributed by atoms with Crippen LogP contribution in [0.1, 0.15) is 33.9 Å². The Balaban J connectivity index is 1.78. The number of benzene rings is 2. The van der Waals surface area contributed by atoms with Gasteiger partial charge in [-0.2, -0.15) is 0 Å². The van der Waals surface area contributed by atoms with Gasteiger partial charge in [0.25, 0.3) is 5.91 Å². The van der Waals surface area contributed by atoms with Crippen LogP contribution in [0.2, 0.25) is 0 Å². The minimum Gasteiger partial charge on any atom is -0.497 e. The first-order valence-electron chi connectivity index (χ1n) is 7.35. The van der Waals surface area contributed by atoms with Crippen molar-refractivity contribution in [2.45, 2.75) is 19.4 Å². The molecule has 1 unspecified atom stereocenters. The Labute approximate surface area is 130 Å². The first-order valence-corrected chi connectivity index (χ1v) is 7.35. The second-order valence-electron chi connectivity index (χ2n) is 5.43. The lowest BCUT2D eigenvalue weighted by atomic mass is 9.98. The van der Waals surface area contributed by atoms with Crippen molar-refractivity contribution in [3.8, 4) is 11.5 Å². The predicted octanol–water partition coefficient (Wildman–Crippen LogP) is 3.26. The lowest BCUT2D eigenvalue weighted by molar-refractivity contribution is 0.0924. The molecule has 4 nitrogen and oxygen atoms in total. The molecule has 1 heterocycles. The predicted molar refractivity (Wildman–Crippen MR) is 84.5 cm³/mol. The van der Waals surface area contributed by atoms with E-state index >= 15 is 0 Å². The maximum atomic E-state index is 12.4. The number of ether oxygens (including phenoxy) is 2. The van der Waals surface area contributed by atoms with Crippen LogP contribution < -0.4 is 14.8 Å². The summed E-state index contributed by atoms with van der Waals surface area (Å²) in [7, 11) is 1.61. The number of carbonyl (C=O) groups is 1. The average Bonchev–Trinajstić information content (AvgIpc) is 2.55. The maximum absolute atomic E-state index is 12.4. The quantitative estimate of drug-likeness (QED) is 0.946. The van der Waals surface area contributed by atoms with E-state index in [1.807, 2.05) is 19.1 Å². The lowest BCUT2D eigenvalue weighted by Crippen LogP contribution is -2.32. The molecule has 0 fully saturated rings. The van der Waals surface area contributed by atoms with Crippen molar-refractivity contribution in [1.29, 1.82) is 0 Å². The minimum absolute atomic E-state index is 0.0155. The van der Waals surface area contributed by atoms with Crippen LogP contribution in [0.4, 0.5) is 0 Å². The summed E-state index contributed by atoms with van der Waals surface area (Å²) in [6.07, 6.45) is 0.776. The molecule has 1 atom stereocenters. The van der Waals surface area contributed by atoms with Crippen LogP contribution >= 0.6 is 0 Å². The van der Waals surface area contributed by atoms with E-state index in [1.54, 1.807) is 31.4 Å². The number of nitrogens with one attached hydrogen (secondary N) is 1. The molecular formula is C18H19NO3. The fourth-order valence-electron chi connectivity index (χ4n) is 2.65. The van der Waals surface area contributed by atoms with Gasteiger partial charge in [0.05, 0.1) is 19.8 Å². The Morgan fingerprint density at radius 1 is 1.23 bits per heavy atom. The lowest BCUT2D eigenvalue weighted by Gasteiger charge is -2.27. The summed E-state index contributed by atoms with van der Waals surface area (Å²) in [5.74, 6) is 1.52. The van der Waals surface area contributed by atoms with Gasteiger partial charge in [-0.05, 0) is 37.3 Å². The zero-order chi connectivity index (χ0) is 15.5. The van der Waals surface area contributed by atoms with Crippen molar-refractivity contribution in [3.63, 3.8) is 0 Å². The van der Waals surface area contributed by atoms with Crippen molar-refractivity contribution < 1.29 is 14.3 Å². The van der Waals surface area contributed by atoms with Gasteiger partial charge in [-0.15, -0.1) is 0 Å². The van der Waals surface area contributed by atoms with E-state index < -0.39 is 0 Å². The van der Waals surface area contributed by atoms with Gasteiger partial charge in [0.15, 0.2) is 0 Å². The van der Waals surface area contributed by atoms with Gasteiger partial charge in [-0.3, -0.25) is 4.79 Å². The SMILES string of the molecule is COc1ccc(C(=O)NC2CCOc3ccc(C)cc32)cc1. The van der Waals surface area contributed by atoms with Crippen LogP contribution in [-0.2, 0) is 0 Å². The third kappa shape index (κ3) is 2.91. The summed E-state index contributed by atoms with van der Waals surface area (Å²) in [6.45, 7) is 2.65. The number of rotatable bonds is 3. The Morgan fingerprint density at radius 3 is 2.73 bits per heavy atom. The number of fused-ring (bicyclic) bond motifs is 1. The second kappa shape index (κ2) is 6.10. The molecule has 0 radical (unpaired) electrons. The highest BCUT2D eigenvalue weighted by Crippen LogP contribution is 2.32. The molecule has 1 amide bonds. The first-order chi connectivity index (χ1) is 10.7. The molecule has 4 heteroatoms. The van der Waals surface area contributed by atoms with Crippen LogP contribution in [0.5, 0.6) is 11.5 Å².